The standard InChI is InChI=1S/C15H6F16O5/c16-8(9(17,18)34-6-3-1-5(2-4-6)7(32)33)35-15(30,31)11(21,13(25,26)27)36-14(28,29)10(19,20)12(22,23)24/h1-4,8H,(H,32,33). The van der Waals surface area contributed by atoms with Crippen molar-refractivity contribution < 1.29 is 94.4 Å². The van der Waals surface area contributed by atoms with Gasteiger partial charge in [-0.15, -0.1) is 0 Å². The minimum atomic E-state index is -7.79. The Morgan fingerprint density at radius 2 is 1.17 bits per heavy atom. The van der Waals surface area contributed by atoms with Crippen LogP contribution < -0.4 is 4.74 Å². The van der Waals surface area contributed by atoms with E-state index in [1.165, 1.54) is 4.74 Å². The number of alkyl halides is 16. The van der Waals surface area contributed by atoms with Gasteiger partial charge in [0.2, 0.25) is 0 Å². The fraction of sp³-hybridized carbons (Fsp3) is 0.533. The lowest BCUT2D eigenvalue weighted by atomic mass is 10.2. The molecule has 21 heteroatoms. The zero-order valence-corrected chi connectivity index (χ0v) is 16.0. The first-order chi connectivity index (χ1) is 15.7. The van der Waals surface area contributed by atoms with Gasteiger partial charge in [-0.1, -0.05) is 0 Å². The Balaban J connectivity index is 3.30. The number of carboxylic acid groups (broad SMARTS) is 1. The first-order valence-electron chi connectivity index (χ1n) is 8.10. The fourth-order valence-electron chi connectivity index (χ4n) is 1.83. The molecule has 0 fully saturated rings. The van der Waals surface area contributed by atoms with Crippen LogP contribution in [0.2, 0.25) is 0 Å². The van der Waals surface area contributed by atoms with Crippen molar-refractivity contribution in [1.82, 2.24) is 0 Å². The van der Waals surface area contributed by atoms with Crippen LogP contribution in [0.5, 0.6) is 5.75 Å². The Hall–Kier alpha value is -2.71. The molecule has 0 amide bonds. The highest BCUT2D eigenvalue weighted by Crippen LogP contribution is 2.55. The van der Waals surface area contributed by atoms with Crippen molar-refractivity contribution in [2.75, 3.05) is 0 Å². The first kappa shape index (κ1) is 31.3. The Morgan fingerprint density at radius 3 is 1.53 bits per heavy atom. The zero-order valence-electron chi connectivity index (χ0n) is 16.0. The molecule has 2 unspecified atom stereocenters. The lowest BCUT2D eigenvalue weighted by Crippen LogP contribution is -2.66. The number of halogens is 16. The molecule has 0 aliphatic carbocycles. The third-order valence-corrected chi connectivity index (χ3v) is 3.60. The minimum Gasteiger partial charge on any atom is -0.478 e. The van der Waals surface area contributed by atoms with Crippen LogP contribution in [0.3, 0.4) is 0 Å². The molecule has 1 aromatic carbocycles. The summed E-state index contributed by atoms with van der Waals surface area (Å²) in [5.41, 5.74) is -0.619. The predicted octanol–water partition coefficient (Wildman–Crippen LogP) is 6.30. The van der Waals surface area contributed by atoms with Gasteiger partial charge in [-0.3, -0.25) is 9.47 Å². The van der Waals surface area contributed by atoms with Crippen LogP contribution in [-0.4, -0.2) is 59.9 Å². The van der Waals surface area contributed by atoms with Crippen LogP contribution >= 0.6 is 0 Å². The normalized spacial score (nSPS) is 16.9. The fourth-order valence-corrected chi connectivity index (χ4v) is 1.83. The van der Waals surface area contributed by atoms with Gasteiger partial charge >= 0.3 is 54.8 Å². The van der Waals surface area contributed by atoms with Crippen LogP contribution in [0.4, 0.5) is 70.2 Å². The predicted molar refractivity (Wildman–Crippen MR) is 76.8 cm³/mol. The summed E-state index contributed by atoms with van der Waals surface area (Å²) in [7, 11) is 0. The summed E-state index contributed by atoms with van der Waals surface area (Å²) in [4.78, 5) is 10.6. The van der Waals surface area contributed by atoms with Gasteiger partial charge in [0.25, 0.3) is 0 Å². The summed E-state index contributed by atoms with van der Waals surface area (Å²) in [6.45, 7) is 0. The number of benzene rings is 1. The molecule has 1 rings (SSSR count). The molecule has 36 heavy (non-hydrogen) atoms. The van der Waals surface area contributed by atoms with Crippen molar-refractivity contribution in [3.63, 3.8) is 0 Å². The molecule has 0 aromatic heterocycles. The molecule has 0 aliphatic rings. The lowest BCUT2D eigenvalue weighted by Gasteiger charge is -2.38. The molecule has 0 spiro atoms. The molecule has 2 atom stereocenters. The Kier molecular flexibility index (Phi) is 8.09. The van der Waals surface area contributed by atoms with Crippen molar-refractivity contribution in [3.05, 3.63) is 29.8 Å². The molecule has 0 bridgehead atoms. The van der Waals surface area contributed by atoms with Crippen molar-refractivity contribution in [2.45, 2.75) is 48.8 Å². The molecule has 0 saturated carbocycles. The van der Waals surface area contributed by atoms with Gasteiger partial charge in [0.1, 0.15) is 5.75 Å². The highest BCUT2D eigenvalue weighted by Gasteiger charge is 2.84. The number of hydrogen-bond acceptors (Lipinski definition) is 4. The molecule has 208 valence electrons. The monoisotopic (exact) mass is 570 g/mol. The van der Waals surface area contributed by atoms with Crippen LogP contribution in [0.1, 0.15) is 10.4 Å². The minimum absolute atomic E-state index is 0.306. The third-order valence-electron chi connectivity index (χ3n) is 3.60. The lowest BCUT2D eigenvalue weighted by molar-refractivity contribution is -0.543. The number of aromatic carboxylic acids is 1. The van der Waals surface area contributed by atoms with Gasteiger partial charge in [-0.05, 0) is 24.3 Å². The molecule has 0 saturated heterocycles. The van der Waals surface area contributed by atoms with Gasteiger partial charge in [0.05, 0.1) is 5.56 Å². The Morgan fingerprint density at radius 1 is 0.722 bits per heavy atom. The summed E-state index contributed by atoms with van der Waals surface area (Å²) in [6, 6.07) is 1.59. The Labute approximate surface area is 186 Å². The second kappa shape index (κ2) is 9.30. The Bertz CT molecular complexity index is 925. The summed E-state index contributed by atoms with van der Waals surface area (Å²) in [6.07, 6.45) is -41.7. The topological polar surface area (TPSA) is 65.0 Å². The van der Waals surface area contributed by atoms with Gasteiger partial charge < -0.3 is 9.84 Å². The van der Waals surface area contributed by atoms with Crippen molar-refractivity contribution >= 4 is 5.97 Å². The number of carboxylic acids is 1. The molecule has 1 N–H and O–H groups in total. The first-order valence-corrected chi connectivity index (χ1v) is 8.10. The summed E-state index contributed by atoms with van der Waals surface area (Å²) < 4.78 is 215. The van der Waals surface area contributed by atoms with Crippen molar-refractivity contribution in [2.24, 2.45) is 0 Å². The maximum absolute atomic E-state index is 13.9. The van der Waals surface area contributed by atoms with Crippen LogP contribution in [0, 0.1) is 0 Å². The molecule has 5 nitrogen and oxygen atoms in total. The van der Waals surface area contributed by atoms with E-state index in [0.29, 0.717) is 24.3 Å². The SMILES string of the molecule is O=C(O)c1ccc(OC(F)(F)C(F)OC(F)(F)C(F)(OC(F)(F)C(F)(F)C(F)(F)F)C(F)(F)F)cc1. The van der Waals surface area contributed by atoms with E-state index in [1.54, 1.807) is 0 Å². The smallest absolute Gasteiger partial charge is 0.462 e. The summed E-state index contributed by atoms with van der Waals surface area (Å²) in [5, 5.41) is 8.59. The maximum atomic E-state index is 13.9. The molecular weight excluding hydrogens is 564 g/mol. The van der Waals surface area contributed by atoms with E-state index in [1.807, 2.05) is 0 Å². The largest absolute Gasteiger partial charge is 0.478 e. The average molecular weight is 570 g/mol. The van der Waals surface area contributed by atoms with Crippen LogP contribution in [0.25, 0.3) is 0 Å². The van der Waals surface area contributed by atoms with Gasteiger partial charge in [0, 0.05) is 0 Å². The second-order valence-corrected chi connectivity index (χ2v) is 6.23. The van der Waals surface area contributed by atoms with E-state index in [9.17, 15) is 75.0 Å². The number of ether oxygens (including phenoxy) is 3. The molecule has 0 aliphatic heterocycles. The van der Waals surface area contributed by atoms with E-state index >= 15 is 0 Å². The van der Waals surface area contributed by atoms with E-state index in [4.69, 9.17) is 5.11 Å². The van der Waals surface area contributed by atoms with Crippen LogP contribution in [0.15, 0.2) is 24.3 Å². The van der Waals surface area contributed by atoms with E-state index in [-0.39, 0.29) is 0 Å². The van der Waals surface area contributed by atoms with Gasteiger partial charge in [0.15, 0.2) is 0 Å². The number of rotatable bonds is 10. The second-order valence-electron chi connectivity index (χ2n) is 6.23. The zero-order chi connectivity index (χ0) is 28.8. The average Bonchev–Trinajstić information content (AvgIpc) is 2.65. The number of hydrogen-bond donors (Lipinski definition) is 1. The third kappa shape index (κ3) is 5.98. The molecule has 0 radical (unpaired) electrons. The highest BCUT2D eigenvalue weighted by atomic mass is 19.4. The van der Waals surface area contributed by atoms with Crippen LogP contribution in [-0.2, 0) is 9.47 Å². The molecule has 1 aromatic rings. The van der Waals surface area contributed by atoms with E-state index in [0.717, 1.165) is 0 Å². The number of carbonyl (C=O) groups is 1. The van der Waals surface area contributed by atoms with Crippen molar-refractivity contribution in [1.29, 1.82) is 0 Å². The highest BCUT2D eigenvalue weighted by molar-refractivity contribution is 5.87. The van der Waals surface area contributed by atoms with Crippen molar-refractivity contribution in [3.8, 4) is 5.75 Å². The van der Waals surface area contributed by atoms with E-state index in [2.05, 4.69) is 9.47 Å². The maximum Gasteiger partial charge on any atom is 0.462 e. The van der Waals surface area contributed by atoms with Gasteiger partial charge in [-0.25, -0.2) is 9.18 Å². The molecule has 0 heterocycles. The summed E-state index contributed by atoms with van der Waals surface area (Å²) >= 11 is 0. The van der Waals surface area contributed by atoms with E-state index < -0.39 is 66.1 Å². The summed E-state index contributed by atoms with van der Waals surface area (Å²) in [5.74, 6) is -18.5. The molecular formula is C15H6F16O5. The quantitative estimate of drug-likeness (QED) is 0.335. The van der Waals surface area contributed by atoms with Gasteiger partial charge in [-0.2, -0.15) is 65.9 Å².